The number of nitrogens with one attached hydrogen (secondary N) is 1. The number of hydrogen-bond acceptors (Lipinski definition) is 8. The fraction of sp³-hybridized carbons (Fsp3) is 0.136. The third-order valence-electron chi connectivity index (χ3n) is 4.95. The van der Waals surface area contributed by atoms with Gasteiger partial charge >= 0.3 is 0 Å². The van der Waals surface area contributed by atoms with E-state index in [4.69, 9.17) is 11.5 Å². The molecule has 0 saturated heterocycles. The first-order valence-corrected chi connectivity index (χ1v) is 9.98. The second-order valence-electron chi connectivity index (χ2n) is 7.53. The molecule has 4 aromatic rings. The molecular weight excluding hydrogens is 427 g/mol. The summed E-state index contributed by atoms with van der Waals surface area (Å²) in [6.45, 7) is 3.83. The standard InChI is InChI=1S/C22H21FN8O2/c1-11(2)31-10-17(29-30-31)19-14(23)9-26-22(28-19)27-16-8-7-13(21(25)33)18(20(16)32)12-5-3-4-6-15(12)24/h3-11,32H,24H2,1-2H3,(H2,25,33)(H,26,27,28). The Hall–Kier alpha value is -4.54. The Morgan fingerprint density at radius 1 is 1.21 bits per heavy atom. The maximum Gasteiger partial charge on any atom is 0.249 e. The number of aromatic nitrogens is 5. The summed E-state index contributed by atoms with van der Waals surface area (Å²) in [7, 11) is 0. The van der Waals surface area contributed by atoms with Crippen LogP contribution in [0.15, 0.2) is 48.8 Å². The lowest BCUT2D eigenvalue weighted by atomic mass is 9.96. The van der Waals surface area contributed by atoms with E-state index in [1.165, 1.54) is 12.1 Å². The Kier molecular flexibility index (Phi) is 5.61. The second-order valence-corrected chi connectivity index (χ2v) is 7.53. The highest BCUT2D eigenvalue weighted by molar-refractivity contribution is 6.04. The van der Waals surface area contributed by atoms with E-state index in [9.17, 15) is 14.3 Å². The van der Waals surface area contributed by atoms with Crippen molar-refractivity contribution in [1.29, 1.82) is 0 Å². The monoisotopic (exact) mass is 448 g/mol. The molecule has 0 bridgehead atoms. The molecule has 0 fully saturated rings. The van der Waals surface area contributed by atoms with Gasteiger partial charge in [-0.15, -0.1) is 5.10 Å². The van der Waals surface area contributed by atoms with Gasteiger partial charge in [0.2, 0.25) is 11.9 Å². The summed E-state index contributed by atoms with van der Waals surface area (Å²) in [4.78, 5) is 20.1. The maximum absolute atomic E-state index is 14.4. The first kappa shape index (κ1) is 21.7. The van der Waals surface area contributed by atoms with Crippen molar-refractivity contribution in [3.8, 4) is 28.3 Å². The number of primary amides is 1. The summed E-state index contributed by atoms with van der Waals surface area (Å²) in [6.07, 6.45) is 2.57. The van der Waals surface area contributed by atoms with Gasteiger partial charge in [0.05, 0.1) is 23.6 Å². The van der Waals surface area contributed by atoms with Crippen LogP contribution in [0.25, 0.3) is 22.5 Å². The van der Waals surface area contributed by atoms with Crippen molar-refractivity contribution in [3.63, 3.8) is 0 Å². The number of nitrogens with two attached hydrogens (primary N) is 2. The van der Waals surface area contributed by atoms with E-state index in [-0.39, 0.29) is 45.9 Å². The summed E-state index contributed by atoms with van der Waals surface area (Å²) < 4.78 is 16.0. The number of aromatic hydroxyl groups is 1. The fourth-order valence-corrected chi connectivity index (χ4v) is 3.26. The van der Waals surface area contributed by atoms with Gasteiger partial charge < -0.3 is 21.9 Å². The molecule has 1 amide bonds. The summed E-state index contributed by atoms with van der Waals surface area (Å²) >= 11 is 0. The molecule has 10 nitrogen and oxygen atoms in total. The van der Waals surface area contributed by atoms with Gasteiger partial charge in [0.25, 0.3) is 0 Å². The molecule has 33 heavy (non-hydrogen) atoms. The molecule has 0 saturated carbocycles. The lowest BCUT2D eigenvalue weighted by molar-refractivity contribution is 0.100. The van der Waals surface area contributed by atoms with Crippen LogP contribution in [0, 0.1) is 5.82 Å². The van der Waals surface area contributed by atoms with Crippen molar-refractivity contribution in [2.24, 2.45) is 5.73 Å². The molecule has 0 spiro atoms. The number of anilines is 3. The van der Waals surface area contributed by atoms with Crippen LogP contribution in [0.2, 0.25) is 0 Å². The van der Waals surface area contributed by atoms with E-state index in [1.807, 2.05) is 13.8 Å². The van der Waals surface area contributed by atoms with Gasteiger partial charge in [0, 0.05) is 22.9 Å². The summed E-state index contributed by atoms with van der Waals surface area (Å²) in [5.41, 5.74) is 12.9. The van der Waals surface area contributed by atoms with Gasteiger partial charge in [0.15, 0.2) is 5.82 Å². The number of carbonyl (C=O) groups is 1. The fourth-order valence-electron chi connectivity index (χ4n) is 3.26. The molecule has 2 aromatic carbocycles. The van der Waals surface area contributed by atoms with Crippen molar-refractivity contribution >= 4 is 23.2 Å². The van der Waals surface area contributed by atoms with Gasteiger partial charge in [-0.2, -0.15) is 0 Å². The zero-order valence-electron chi connectivity index (χ0n) is 17.8. The number of hydrogen-bond donors (Lipinski definition) is 4. The number of rotatable bonds is 6. The average molecular weight is 448 g/mol. The number of carbonyl (C=O) groups excluding carboxylic acids is 1. The molecule has 2 heterocycles. The van der Waals surface area contributed by atoms with Crippen LogP contribution in [-0.4, -0.2) is 36.0 Å². The highest BCUT2D eigenvalue weighted by Crippen LogP contribution is 2.41. The van der Waals surface area contributed by atoms with E-state index in [0.29, 0.717) is 11.3 Å². The van der Waals surface area contributed by atoms with E-state index in [0.717, 1.165) is 6.20 Å². The van der Waals surface area contributed by atoms with Gasteiger partial charge in [-0.1, -0.05) is 23.4 Å². The predicted molar refractivity (Wildman–Crippen MR) is 121 cm³/mol. The van der Waals surface area contributed by atoms with Crippen molar-refractivity contribution < 1.29 is 14.3 Å². The maximum atomic E-state index is 14.4. The Balaban J connectivity index is 1.76. The molecule has 0 atom stereocenters. The minimum Gasteiger partial charge on any atom is -0.505 e. The first-order valence-electron chi connectivity index (χ1n) is 9.98. The molecule has 0 aliphatic carbocycles. The van der Waals surface area contributed by atoms with Crippen molar-refractivity contribution in [1.82, 2.24) is 25.0 Å². The number of halogens is 1. The van der Waals surface area contributed by atoms with Gasteiger partial charge in [-0.05, 0) is 32.0 Å². The third kappa shape index (κ3) is 4.15. The molecule has 0 radical (unpaired) electrons. The van der Waals surface area contributed by atoms with Crippen LogP contribution in [0.4, 0.5) is 21.7 Å². The number of para-hydroxylation sites is 1. The van der Waals surface area contributed by atoms with Gasteiger partial charge in [0.1, 0.15) is 17.1 Å². The van der Waals surface area contributed by atoms with Crippen LogP contribution in [-0.2, 0) is 0 Å². The van der Waals surface area contributed by atoms with E-state index >= 15 is 0 Å². The average Bonchev–Trinajstić information content (AvgIpc) is 3.27. The Bertz CT molecular complexity index is 1350. The normalized spacial score (nSPS) is 11.0. The molecule has 0 aliphatic heterocycles. The van der Waals surface area contributed by atoms with E-state index in [1.54, 1.807) is 35.1 Å². The first-order chi connectivity index (χ1) is 15.8. The number of amides is 1. The third-order valence-corrected chi connectivity index (χ3v) is 4.95. The van der Waals surface area contributed by atoms with Crippen LogP contribution >= 0.6 is 0 Å². The zero-order valence-corrected chi connectivity index (χ0v) is 17.8. The molecule has 0 aliphatic rings. The van der Waals surface area contributed by atoms with Crippen molar-refractivity contribution in [2.75, 3.05) is 11.1 Å². The molecular formula is C22H21FN8O2. The predicted octanol–water partition coefficient (Wildman–Crippen LogP) is 3.25. The minimum absolute atomic E-state index is 0.000365. The zero-order chi connectivity index (χ0) is 23.7. The second kappa shape index (κ2) is 8.54. The summed E-state index contributed by atoms with van der Waals surface area (Å²) in [5, 5.41) is 21.8. The molecule has 4 rings (SSSR count). The van der Waals surface area contributed by atoms with E-state index < -0.39 is 11.7 Å². The highest BCUT2D eigenvalue weighted by atomic mass is 19.1. The van der Waals surface area contributed by atoms with Crippen LogP contribution in [0.1, 0.15) is 30.2 Å². The Morgan fingerprint density at radius 3 is 2.64 bits per heavy atom. The van der Waals surface area contributed by atoms with Crippen LogP contribution in [0.5, 0.6) is 5.75 Å². The number of benzene rings is 2. The quantitative estimate of drug-likeness (QED) is 0.258. The Morgan fingerprint density at radius 2 is 1.97 bits per heavy atom. The van der Waals surface area contributed by atoms with Crippen molar-refractivity contribution in [2.45, 2.75) is 19.9 Å². The molecule has 168 valence electrons. The minimum atomic E-state index is -0.733. The van der Waals surface area contributed by atoms with Crippen molar-refractivity contribution in [3.05, 3.63) is 60.2 Å². The van der Waals surface area contributed by atoms with Gasteiger partial charge in [-0.25, -0.2) is 19.0 Å². The highest BCUT2D eigenvalue weighted by Gasteiger charge is 2.21. The van der Waals surface area contributed by atoms with Crippen LogP contribution < -0.4 is 16.8 Å². The van der Waals surface area contributed by atoms with E-state index in [2.05, 4.69) is 25.6 Å². The Labute approximate surface area is 188 Å². The number of phenolic OH excluding ortho intramolecular Hbond substituents is 1. The topological polar surface area (TPSA) is 158 Å². The summed E-state index contributed by atoms with van der Waals surface area (Å²) in [6, 6.07) is 9.67. The number of phenols is 1. The molecule has 6 N–H and O–H groups in total. The van der Waals surface area contributed by atoms with Gasteiger partial charge in [-0.3, -0.25) is 4.79 Å². The smallest absolute Gasteiger partial charge is 0.249 e. The molecule has 0 unspecified atom stereocenters. The number of nitrogen functional groups attached to an aromatic ring is 1. The largest absolute Gasteiger partial charge is 0.505 e. The lowest BCUT2D eigenvalue weighted by Crippen LogP contribution is -2.13. The molecule has 2 aromatic heterocycles. The molecule has 11 heteroatoms. The SMILES string of the molecule is CC(C)n1cc(-c2nc(Nc3ccc(C(N)=O)c(-c4ccccc4N)c3O)ncc2F)nn1. The van der Waals surface area contributed by atoms with Crippen LogP contribution in [0.3, 0.4) is 0 Å². The summed E-state index contributed by atoms with van der Waals surface area (Å²) in [5.74, 6) is -1.70. The lowest BCUT2D eigenvalue weighted by Gasteiger charge is -2.16. The number of nitrogens with zero attached hydrogens (tertiary/aromatic N) is 5.